The highest BCUT2D eigenvalue weighted by molar-refractivity contribution is 5.54. The summed E-state index contributed by atoms with van der Waals surface area (Å²) in [4.78, 5) is 8.03. The van der Waals surface area contributed by atoms with Crippen LogP contribution in [0.15, 0.2) is 24.5 Å². The van der Waals surface area contributed by atoms with E-state index in [9.17, 15) is 13.2 Å². The van der Waals surface area contributed by atoms with Gasteiger partial charge in [0.15, 0.2) is 23.3 Å². The fourth-order valence-electron chi connectivity index (χ4n) is 1.47. The van der Waals surface area contributed by atoms with Crippen molar-refractivity contribution in [1.29, 1.82) is 0 Å². The highest BCUT2D eigenvalue weighted by atomic mass is 19.2. The first-order valence-electron chi connectivity index (χ1n) is 5.46. The summed E-state index contributed by atoms with van der Waals surface area (Å²) in [5.41, 5.74) is 1.03. The second-order valence-corrected chi connectivity index (χ2v) is 4.25. The van der Waals surface area contributed by atoms with Crippen molar-refractivity contribution < 1.29 is 13.2 Å². The minimum absolute atomic E-state index is 0.113. The third-order valence-electron chi connectivity index (χ3n) is 2.58. The van der Waals surface area contributed by atoms with Gasteiger partial charge in [-0.05, 0) is 23.6 Å². The lowest BCUT2D eigenvalue weighted by atomic mass is 10.1. The molecule has 0 saturated carbocycles. The summed E-state index contributed by atoms with van der Waals surface area (Å²) in [5, 5.41) is 0. The molecule has 0 bridgehead atoms. The number of nitrogens with zero attached hydrogens (tertiary/aromatic N) is 2. The van der Waals surface area contributed by atoms with Crippen LogP contribution in [-0.4, -0.2) is 9.97 Å². The van der Waals surface area contributed by atoms with E-state index in [-0.39, 0.29) is 17.3 Å². The van der Waals surface area contributed by atoms with Crippen molar-refractivity contribution in [2.75, 3.05) is 0 Å². The third kappa shape index (κ3) is 2.34. The molecule has 0 atom stereocenters. The zero-order chi connectivity index (χ0) is 13.3. The Balaban J connectivity index is 2.43. The summed E-state index contributed by atoms with van der Waals surface area (Å²) in [6, 6.07) is 1.76. The molecule has 0 saturated heterocycles. The van der Waals surface area contributed by atoms with E-state index in [1.54, 1.807) is 12.4 Å². The lowest BCUT2D eigenvalue weighted by molar-refractivity contribution is 0.447. The molecular weight excluding hydrogens is 241 g/mol. The molecule has 0 unspecified atom stereocenters. The van der Waals surface area contributed by atoms with Crippen molar-refractivity contribution >= 4 is 0 Å². The van der Waals surface area contributed by atoms with Crippen molar-refractivity contribution in [1.82, 2.24) is 9.97 Å². The molecule has 1 aromatic heterocycles. The van der Waals surface area contributed by atoms with Gasteiger partial charge in [0.25, 0.3) is 0 Å². The van der Waals surface area contributed by atoms with Gasteiger partial charge in [-0.25, -0.2) is 23.1 Å². The number of hydrogen-bond acceptors (Lipinski definition) is 2. The highest BCUT2D eigenvalue weighted by Crippen LogP contribution is 2.21. The molecule has 0 amide bonds. The second-order valence-electron chi connectivity index (χ2n) is 4.25. The monoisotopic (exact) mass is 252 g/mol. The van der Waals surface area contributed by atoms with E-state index >= 15 is 0 Å². The molecule has 0 aliphatic carbocycles. The Morgan fingerprint density at radius 2 is 1.44 bits per heavy atom. The van der Waals surface area contributed by atoms with Gasteiger partial charge in [-0.2, -0.15) is 0 Å². The molecule has 2 rings (SSSR count). The summed E-state index contributed by atoms with van der Waals surface area (Å²) in [6.45, 7) is 3.96. The molecule has 2 aromatic rings. The number of rotatable bonds is 2. The fourth-order valence-corrected chi connectivity index (χ4v) is 1.47. The van der Waals surface area contributed by atoms with Gasteiger partial charge < -0.3 is 0 Å². The molecule has 94 valence electrons. The largest absolute Gasteiger partial charge is 0.236 e. The second kappa shape index (κ2) is 4.76. The maximum absolute atomic E-state index is 13.1. The normalized spacial score (nSPS) is 11.0. The van der Waals surface area contributed by atoms with Crippen molar-refractivity contribution in [3.63, 3.8) is 0 Å². The zero-order valence-electron chi connectivity index (χ0n) is 9.92. The maximum atomic E-state index is 13.1. The van der Waals surface area contributed by atoms with Gasteiger partial charge in [0.1, 0.15) is 0 Å². The van der Waals surface area contributed by atoms with Gasteiger partial charge in [-0.1, -0.05) is 13.8 Å². The Labute approximate surface area is 103 Å². The van der Waals surface area contributed by atoms with Gasteiger partial charge in [-0.15, -0.1) is 0 Å². The summed E-state index contributed by atoms with van der Waals surface area (Å²) in [6.07, 6.45) is 3.18. The fraction of sp³-hybridized carbons (Fsp3) is 0.231. The SMILES string of the molecule is CC(C)c1cnc(-c2cc(F)c(F)c(F)c2)nc1. The van der Waals surface area contributed by atoms with Crippen LogP contribution in [0.2, 0.25) is 0 Å². The Kier molecular flexibility index (Phi) is 3.32. The van der Waals surface area contributed by atoms with Gasteiger partial charge in [0, 0.05) is 18.0 Å². The summed E-state index contributed by atoms with van der Waals surface area (Å²) in [5.74, 6) is -3.56. The number of halogens is 3. The van der Waals surface area contributed by atoms with Crippen molar-refractivity contribution in [2.45, 2.75) is 19.8 Å². The maximum Gasteiger partial charge on any atom is 0.194 e. The Morgan fingerprint density at radius 1 is 0.944 bits per heavy atom. The molecule has 18 heavy (non-hydrogen) atoms. The van der Waals surface area contributed by atoms with Gasteiger partial charge in [0.2, 0.25) is 0 Å². The topological polar surface area (TPSA) is 25.8 Å². The Morgan fingerprint density at radius 3 is 1.89 bits per heavy atom. The molecule has 0 aliphatic rings. The summed E-state index contributed by atoms with van der Waals surface area (Å²) in [7, 11) is 0. The molecule has 0 N–H and O–H groups in total. The van der Waals surface area contributed by atoms with E-state index in [0.717, 1.165) is 17.7 Å². The molecule has 0 spiro atoms. The Hall–Kier alpha value is -1.91. The van der Waals surface area contributed by atoms with Crippen LogP contribution in [0.1, 0.15) is 25.3 Å². The zero-order valence-corrected chi connectivity index (χ0v) is 9.92. The molecular formula is C13H11F3N2. The van der Waals surface area contributed by atoms with Crippen molar-refractivity contribution in [3.05, 3.63) is 47.5 Å². The minimum Gasteiger partial charge on any atom is -0.236 e. The first-order chi connectivity index (χ1) is 8.49. The lowest BCUT2D eigenvalue weighted by Crippen LogP contribution is -1.97. The van der Waals surface area contributed by atoms with E-state index < -0.39 is 17.5 Å². The lowest BCUT2D eigenvalue weighted by Gasteiger charge is -2.06. The van der Waals surface area contributed by atoms with E-state index in [4.69, 9.17) is 0 Å². The predicted molar refractivity (Wildman–Crippen MR) is 61.4 cm³/mol. The number of benzene rings is 1. The minimum atomic E-state index is -1.49. The quantitative estimate of drug-likeness (QED) is 0.762. The van der Waals surface area contributed by atoms with Crippen LogP contribution >= 0.6 is 0 Å². The van der Waals surface area contributed by atoms with Crippen LogP contribution in [0.5, 0.6) is 0 Å². The van der Waals surface area contributed by atoms with Crippen molar-refractivity contribution in [2.24, 2.45) is 0 Å². The number of aromatic nitrogens is 2. The van der Waals surface area contributed by atoms with E-state index in [2.05, 4.69) is 9.97 Å². The predicted octanol–water partition coefficient (Wildman–Crippen LogP) is 3.68. The molecule has 0 radical (unpaired) electrons. The molecule has 0 aliphatic heterocycles. The average molecular weight is 252 g/mol. The van der Waals surface area contributed by atoms with Crippen LogP contribution < -0.4 is 0 Å². The average Bonchev–Trinajstić information content (AvgIpc) is 2.35. The molecule has 0 fully saturated rings. The third-order valence-corrected chi connectivity index (χ3v) is 2.58. The molecule has 5 heteroatoms. The van der Waals surface area contributed by atoms with Gasteiger partial charge in [0.05, 0.1) is 0 Å². The molecule has 2 nitrogen and oxygen atoms in total. The summed E-state index contributed by atoms with van der Waals surface area (Å²) < 4.78 is 38.9. The van der Waals surface area contributed by atoms with E-state index in [0.29, 0.717) is 0 Å². The van der Waals surface area contributed by atoms with E-state index in [1.165, 1.54) is 0 Å². The molecule has 1 heterocycles. The van der Waals surface area contributed by atoms with Crippen LogP contribution in [0.25, 0.3) is 11.4 Å². The van der Waals surface area contributed by atoms with Crippen molar-refractivity contribution in [3.8, 4) is 11.4 Å². The first-order valence-corrected chi connectivity index (χ1v) is 5.46. The van der Waals surface area contributed by atoms with Crippen LogP contribution in [0.4, 0.5) is 13.2 Å². The number of hydrogen-bond donors (Lipinski definition) is 0. The van der Waals surface area contributed by atoms with Gasteiger partial charge in [-0.3, -0.25) is 0 Å². The Bertz CT molecular complexity index is 542. The van der Waals surface area contributed by atoms with E-state index in [1.807, 2.05) is 13.8 Å². The molecule has 1 aromatic carbocycles. The smallest absolute Gasteiger partial charge is 0.194 e. The van der Waals surface area contributed by atoms with Crippen LogP contribution in [0.3, 0.4) is 0 Å². The highest BCUT2D eigenvalue weighted by Gasteiger charge is 2.13. The van der Waals surface area contributed by atoms with Gasteiger partial charge >= 0.3 is 0 Å². The standard InChI is InChI=1S/C13H11F3N2/c1-7(2)9-5-17-13(18-6-9)8-3-10(14)12(16)11(15)4-8/h3-7H,1-2H3. The van der Waals surface area contributed by atoms with Crippen LogP contribution in [0, 0.1) is 17.5 Å². The first kappa shape index (κ1) is 12.5. The van der Waals surface area contributed by atoms with Crippen LogP contribution in [-0.2, 0) is 0 Å². The summed E-state index contributed by atoms with van der Waals surface area (Å²) >= 11 is 0.